The molecule has 2 aromatic rings. The second-order valence-corrected chi connectivity index (χ2v) is 4.76. The summed E-state index contributed by atoms with van der Waals surface area (Å²) >= 11 is 0. The molecule has 1 atom stereocenters. The van der Waals surface area contributed by atoms with Crippen molar-refractivity contribution in [2.45, 2.75) is 26.4 Å². The highest BCUT2D eigenvalue weighted by Crippen LogP contribution is 2.07. The van der Waals surface area contributed by atoms with Gasteiger partial charge in [-0.15, -0.1) is 0 Å². The first-order chi connectivity index (χ1) is 9.90. The number of carbonyl (C=O) groups excluding carboxylic acids is 1. The quantitative estimate of drug-likeness (QED) is 0.835. The number of amides is 1. The molecule has 2 N–H and O–H groups in total. The van der Waals surface area contributed by atoms with E-state index in [9.17, 15) is 9.59 Å². The molecule has 0 radical (unpaired) electrons. The fourth-order valence-electron chi connectivity index (χ4n) is 1.77. The predicted molar refractivity (Wildman–Crippen MR) is 73.7 cm³/mol. The molecule has 0 saturated carbocycles. The van der Waals surface area contributed by atoms with Crippen molar-refractivity contribution < 1.29 is 14.7 Å². The maximum atomic E-state index is 12.0. The topological polar surface area (TPSA) is 102 Å². The van der Waals surface area contributed by atoms with Gasteiger partial charge in [-0.25, -0.2) is 4.79 Å². The molecule has 0 aliphatic rings. The molecule has 1 unspecified atom stereocenters. The molecule has 0 fully saturated rings. The van der Waals surface area contributed by atoms with E-state index in [4.69, 9.17) is 5.11 Å². The van der Waals surface area contributed by atoms with E-state index in [1.165, 1.54) is 23.9 Å². The molecule has 8 nitrogen and oxygen atoms in total. The van der Waals surface area contributed by atoms with Crippen molar-refractivity contribution in [3.63, 3.8) is 0 Å². The maximum absolute atomic E-state index is 12.0. The van der Waals surface area contributed by atoms with E-state index in [0.29, 0.717) is 6.54 Å². The van der Waals surface area contributed by atoms with Crippen LogP contribution in [-0.4, -0.2) is 36.5 Å². The van der Waals surface area contributed by atoms with Crippen LogP contribution in [0.1, 0.15) is 34.7 Å². The number of hydrogen-bond donors (Lipinski definition) is 2. The van der Waals surface area contributed by atoms with Crippen LogP contribution >= 0.6 is 0 Å². The lowest BCUT2D eigenvalue weighted by atomic mass is 10.2. The largest absolute Gasteiger partial charge is 0.480 e. The van der Waals surface area contributed by atoms with Gasteiger partial charge in [0, 0.05) is 31.0 Å². The fourth-order valence-corrected chi connectivity index (χ4v) is 1.77. The predicted octanol–water partition coefficient (Wildman–Crippen LogP) is 0.501. The van der Waals surface area contributed by atoms with Crippen molar-refractivity contribution in [3.05, 3.63) is 35.4 Å². The van der Waals surface area contributed by atoms with Crippen LogP contribution in [0, 0.1) is 6.92 Å². The molecule has 0 saturated heterocycles. The third kappa shape index (κ3) is 3.10. The summed E-state index contributed by atoms with van der Waals surface area (Å²) in [4.78, 5) is 22.8. The minimum absolute atomic E-state index is 0.185. The van der Waals surface area contributed by atoms with Gasteiger partial charge < -0.3 is 10.4 Å². The minimum Gasteiger partial charge on any atom is -0.480 e. The van der Waals surface area contributed by atoms with E-state index < -0.39 is 12.0 Å². The Balaban J connectivity index is 2.01. The Morgan fingerprint density at radius 3 is 2.76 bits per heavy atom. The standard InChI is InChI=1S/C13H17N5O3/c1-8-10(7-15-17(8)3)6-14-12(19)11-4-5-18(16-11)9(2)13(20)21/h4-5,7,9H,6H2,1-3H3,(H,14,19)(H,20,21). The number of carboxylic acids is 1. The van der Waals surface area contributed by atoms with Crippen LogP contribution in [-0.2, 0) is 18.4 Å². The minimum atomic E-state index is -1.00. The van der Waals surface area contributed by atoms with Gasteiger partial charge in [0.25, 0.3) is 5.91 Å². The van der Waals surface area contributed by atoms with Crippen molar-refractivity contribution in [2.75, 3.05) is 0 Å². The molecule has 21 heavy (non-hydrogen) atoms. The zero-order valence-electron chi connectivity index (χ0n) is 12.1. The molecule has 2 heterocycles. The van der Waals surface area contributed by atoms with Gasteiger partial charge in [-0.3, -0.25) is 14.2 Å². The summed E-state index contributed by atoms with van der Waals surface area (Å²) < 4.78 is 2.97. The Morgan fingerprint density at radius 2 is 2.19 bits per heavy atom. The first-order valence-corrected chi connectivity index (χ1v) is 6.43. The second-order valence-electron chi connectivity index (χ2n) is 4.76. The van der Waals surface area contributed by atoms with Gasteiger partial charge in [0.15, 0.2) is 0 Å². The van der Waals surface area contributed by atoms with Gasteiger partial charge in [-0.05, 0) is 19.9 Å². The van der Waals surface area contributed by atoms with E-state index in [-0.39, 0.29) is 11.6 Å². The number of aliphatic carboxylic acids is 1. The van der Waals surface area contributed by atoms with Crippen LogP contribution in [0.25, 0.3) is 0 Å². The van der Waals surface area contributed by atoms with Gasteiger partial charge >= 0.3 is 5.97 Å². The average Bonchev–Trinajstić information content (AvgIpc) is 3.05. The highest BCUT2D eigenvalue weighted by atomic mass is 16.4. The summed E-state index contributed by atoms with van der Waals surface area (Å²) in [6.45, 7) is 3.76. The molecular formula is C13H17N5O3. The Hall–Kier alpha value is -2.64. The zero-order valence-corrected chi connectivity index (χ0v) is 12.1. The molecule has 112 valence electrons. The Morgan fingerprint density at radius 1 is 1.48 bits per heavy atom. The van der Waals surface area contributed by atoms with Crippen LogP contribution < -0.4 is 5.32 Å². The fraction of sp³-hybridized carbons (Fsp3) is 0.385. The van der Waals surface area contributed by atoms with E-state index in [1.54, 1.807) is 10.9 Å². The van der Waals surface area contributed by atoms with Crippen LogP contribution in [0.15, 0.2) is 18.5 Å². The molecular weight excluding hydrogens is 274 g/mol. The van der Waals surface area contributed by atoms with Crippen LogP contribution in [0.5, 0.6) is 0 Å². The average molecular weight is 291 g/mol. The Kier molecular flexibility index (Phi) is 4.06. The molecule has 0 aliphatic heterocycles. The van der Waals surface area contributed by atoms with Crippen LogP contribution in [0.4, 0.5) is 0 Å². The number of hydrogen-bond acceptors (Lipinski definition) is 4. The highest BCUT2D eigenvalue weighted by molar-refractivity contribution is 5.92. The molecule has 2 aromatic heterocycles. The van der Waals surface area contributed by atoms with Crippen molar-refractivity contribution in [3.8, 4) is 0 Å². The van der Waals surface area contributed by atoms with Gasteiger partial charge in [-0.2, -0.15) is 10.2 Å². The van der Waals surface area contributed by atoms with Gasteiger partial charge in [0.1, 0.15) is 11.7 Å². The third-order valence-corrected chi connectivity index (χ3v) is 3.37. The lowest BCUT2D eigenvalue weighted by Crippen LogP contribution is -2.24. The smallest absolute Gasteiger partial charge is 0.328 e. The van der Waals surface area contributed by atoms with Crippen LogP contribution in [0.2, 0.25) is 0 Å². The molecule has 1 amide bonds. The number of carbonyl (C=O) groups is 2. The monoisotopic (exact) mass is 291 g/mol. The Bertz CT molecular complexity index is 673. The van der Waals surface area contributed by atoms with E-state index >= 15 is 0 Å². The van der Waals surface area contributed by atoms with Crippen molar-refractivity contribution in [1.82, 2.24) is 24.9 Å². The summed E-state index contributed by atoms with van der Waals surface area (Å²) in [5.41, 5.74) is 2.08. The number of aromatic nitrogens is 4. The molecule has 0 bridgehead atoms. The normalized spacial score (nSPS) is 12.1. The third-order valence-electron chi connectivity index (χ3n) is 3.37. The van der Waals surface area contributed by atoms with E-state index in [1.807, 2.05) is 14.0 Å². The lowest BCUT2D eigenvalue weighted by Gasteiger charge is -2.06. The van der Waals surface area contributed by atoms with Gasteiger partial charge in [0.05, 0.1) is 6.20 Å². The van der Waals surface area contributed by atoms with E-state index in [2.05, 4.69) is 15.5 Å². The highest BCUT2D eigenvalue weighted by Gasteiger charge is 2.17. The second kappa shape index (κ2) is 5.78. The lowest BCUT2D eigenvalue weighted by molar-refractivity contribution is -0.140. The number of aryl methyl sites for hydroxylation is 1. The summed E-state index contributed by atoms with van der Waals surface area (Å²) in [6, 6.07) is 0.678. The SMILES string of the molecule is Cc1c(CNC(=O)c2ccn(C(C)C(=O)O)n2)cnn1C. The van der Waals surface area contributed by atoms with Crippen molar-refractivity contribution in [2.24, 2.45) is 7.05 Å². The van der Waals surface area contributed by atoms with Crippen molar-refractivity contribution in [1.29, 1.82) is 0 Å². The number of nitrogens with one attached hydrogen (secondary N) is 1. The number of nitrogens with zero attached hydrogens (tertiary/aromatic N) is 4. The zero-order chi connectivity index (χ0) is 15.6. The molecule has 0 aromatic carbocycles. The summed E-state index contributed by atoms with van der Waals surface area (Å²) in [5.74, 6) is -1.36. The summed E-state index contributed by atoms with van der Waals surface area (Å²) in [5, 5.41) is 19.7. The maximum Gasteiger partial charge on any atom is 0.328 e. The Labute approximate surface area is 121 Å². The molecule has 0 aliphatic carbocycles. The van der Waals surface area contributed by atoms with Gasteiger partial charge in [0.2, 0.25) is 0 Å². The van der Waals surface area contributed by atoms with Gasteiger partial charge in [-0.1, -0.05) is 0 Å². The van der Waals surface area contributed by atoms with Crippen molar-refractivity contribution >= 4 is 11.9 Å². The number of rotatable bonds is 5. The molecule has 2 rings (SSSR count). The first-order valence-electron chi connectivity index (χ1n) is 6.43. The molecule has 0 spiro atoms. The molecule has 8 heteroatoms. The summed E-state index contributed by atoms with van der Waals surface area (Å²) in [7, 11) is 1.83. The first kappa shape index (κ1) is 14.8. The summed E-state index contributed by atoms with van der Waals surface area (Å²) in [6.07, 6.45) is 3.17. The van der Waals surface area contributed by atoms with E-state index in [0.717, 1.165) is 11.3 Å². The number of carboxylic acid groups (broad SMARTS) is 1. The van der Waals surface area contributed by atoms with Crippen LogP contribution in [0.3, 0.4) is 0 Å².